The van der Waals surface area contributed by atoms with E-state index in [2.05, 4.69) is 10.3 Å². The second-order valence-electron chi connectivity index (χ2n) is 6.43. The topological polar surface area (TPSA) is 71.5 Å². The Morgan fingerprint density at radius 1 is 1.07 bits per heavy atom. The number of fused-ring (bicyclic) bond motifs is 1. The van der Waals surface area contributed by atoms with Crippen LogP contribution in [0.5, 0.6) is 5.75 Å². The third kappa shape index (κ3) is 4.65. The lowest BCUT2D eigenvalue weighted by Gasteiger charge is -2.22. The molecule has 0 unspecified atom stereocenters. The van der Waals surface area contributed by atoms with Gasteiger partial charge in [-0.05, 0) is 18.2 Å². The zero-order valence-electron chi connectivity index (χ0n) is 16.0. The number of benzene rings is 2. The van der Waals surface area contributed by atoms with Crippen LogP contribution in [0.25, 0.3) is 10.9 Å². The van der Waals surface area contributed by atoms with E-state index in [0.717, 1.165) is 22.2 Å². The molecule has 6 heteroatoms. The van der Waals surface area contributed by atoms with Gasteiger partial charge >= 0.3 is 0 Å². The minimum Gasteiger partial charge on any atom is -0.496 e. The Bertz CT molecular complexity index is 982. The number of hydrogen-bond acceptors (Lipinski definition) is 4. The molecule has 0 fully saturated rings. The monoisotopic (exact) mass is 377 g/mol. The molecule has 3 aromatic rings. The molecule has 1 N–H and O–H groups in total. The van der Waals surface area contributed by atoms with Crippen LogP contribution in [0.4, 0.5) is 5.69 Å². The fourth-order valence-electron chi connectivity index (χ4n) is 3.04. The summed E-state index contributed by atoms with van der Waals surface area (Å²) in [7, 11) is 1.60. The van der Waals surface area contributed by atoms with Crippen molar-refractivity contribution in [1.29, 1.82) is 0 Å². The molecule has 6 nitrogen and oxygen atoms in total. The van der Waals surface area contributed by atoms with E-state index < -0.39 is 0 Å². The number of rotatable bonds is 7. The summed E-state index contributed by atoms with van der Waals surface area (Å²) in [6.07, 6.45) is 1.89. The molecule has 0 atom stereocenters. The quantitative estimate of drug-likeness (QED) is 0.683. The summed E-state index contributed by atoms with van der Waals surface area (Å²) in [6.45, 7) is 2.21. The van der Waals surface area contributed by atoms with Crippen LogP contribution in [0.2, 0.25) is 0 Å². The van der Waals surface area contributed by atoms with E-state index in [0.29, 0.717) is 18.8 Å². The molecule has 0 aliphatic rings. The third-order valence-electron chi connectivity index (χ3n) is 4.51. The number of hydrogen-bond donors (Lipinski definition) is 1. The Balaban J connectivity index is 1.65. The molecule has 2 aromatic carbocycles. The van der Waals surface area contributed by atoms with Gasteiger partial charge < -0.3 is 15.0 Å². The number of ether oxygens (including phenoxy) is 1. The summed E-state index contributed by atoms with van der Waals surface area (Å²) < 4.78 is 5.35. The van der Waals surface area contributed by atoms with Gasteiger partial charge in [-0.15, -0.1) is 0 Å². The lowest BCUT2D eigenvalue weighted by molar-refractivity contribution is -0.129. The van der Waals surface area contributed by atoms with Crippen molar-refractivity contribution in [2.75, 3.05) is 19.0 Å². The van der Waals surface area contributed by atoms with Crippen molar-refractivity contribution in [3.05, 3.63) is 66.4 Å². The molecule has 0 radical (unpaired) electrons. The summed E-state index contributed by atoms with van der Waals surface area (Å²) in [4.78, 5) is 30.5. The first kappa shape index (κ1) is 19.4. The first-order valence-electron chi connectivity index (χ1n) is 9.09. The molecule has 2 amide bonds. The summed E-state index contributed by atoms with van der Waals surface area (Å²) in [6, 6.07) is 17.0. The number of aromatic nitrogens is 1. The van der Waals surface area contributed by atoms with Crippen LogP contribution in [0.1, 0.15) is 18.9 Å². The second-order valence-corrected chi connectivity index (χ2v) is 6.43. The van der Waals surface area contributed by atoms with E-state index in [1.54, 1.807) is 18.2 Å². The molecule has 0 saturated heterocycles. The molecule has 0 aliphatic heterocycles. The maximum Gasteiger partial charge on any atom is 0.226 e. The van der Waals surface area contributed by atoms with Crippen molar-refractivity contribution in [3.8, 4) is 5.75 Å². The van der Waals surface area contributed by atoms with Crippen LogP contribution >= 0.6 is 0 Å². The number of anilines is 1. The highest BCUT2D eigenvalue weighted by Gasteiger charge is 2.15. The van der Waals surface area contributed by atoms with Crippen molar-refractivity contribution in [2.24, 2.45) is 0 Å². The minimum absolute atomic E-state index is 0.0921. The van der Waals surface area contributed by atoms with Gasteiger partial charge in [0, 0.05) is 43.6 Å². The van der Waals surface area contributed by atoms with E-state index >= 15 is 0 Å². The Labute approximate surface area is 164 Å². The standard InChI is InChI=1S/C22H23N3O3/c1-16(26)25(15-18-7-3-4-11-20(18)28-2)14-12-21(27)24-19-10-5-8-17-9-6-13-23-22(17)19/h3-11,13H,12,14-15H2,1-2H3,(H,24,27). The van der Waals surface area contributed by atoms with Gasteiger partial charge in [-0.1, -0.05) is 36.4 Å². The summed E-state index contributed by atoms with van der Waals surface area (Å²) >= 11 is 0. The van der Waals surface area contributed by atoms with Crippen LogP contribution in [-0.4, -0.2) is 35.4 Å². The highest BCUT2D eigenvalue weighted by Crippen LogP contribution is 2.21. The zero-order valence-corrected chi connectivity index (χ0v) is 16.0. The molecule has 144 valence electrons. The molecular formula is C22H23N3O3. The molecule has 0 saturated carbocycles. The summed E-state index contributed by atoms with van der Waals surface area (Å²) in [5, 5.41) is 3.86. The summed E-state index contributed by atoms with van der Waals surface area (Å²) in [5.41, 5.74) is 2.32. The number of methoxy groups -OCH3 is 1. The summed E-state index contributed by atoms with van der Waals surface area (Å²) in [5.74, 6) is 0.468. The first-order chi connectivity index (χ1) is 13.6. The highest BCUT2D eigenvalue weighted by molar-refractivity contribution is 6.00. The number of carbonyl (C=O) groups excluding carboxylic acids is 2. The van der Waals surface area contributed by atoms with Gasteiger partial charge in [0.15, 0.2) is 0 Å². The van der Waals surface area contributed by atoms with Crippen LogP contribution in [0.3, 0.4) is 0 Å². The number of pyridine rings is 1. The van der Waals surface area contributed by atoms with Gasteiger partial charge in [-0.3, -0.25) is 14.6 Å². The largest absolute Gasteiger partial charge is 0.496 e. The highest BCUT2D eigenvalue weighted by atomic mass is 16.5. The maximum atomic E-state index is 12.5. The van der Waals surface area contributed by atoms with Gasteiger partial charge in [0.2, 0.25) is 11.8 Å². The minimum atomic E-state index is -0.163. The van der Waals surface area contributed by atoms with Crippen molar-refractivity contribution in [3.63, 3.8) is 0 Å². The normalized spacial score (nSPS) is 10.5. The molecule has 3 rings (SSSR count). The van der Waals surface area contributed by atoms with Crippen molar-refractivity contribution < 1.29 is 14.3 Å². The first-order valence-corrected chi connectivity index (χ1v) is 9.09. The fourth-order valence-corrected chi connectivity index (χ4v) is 3.04. The third-order valence-corrected chi connectivity index (χ3v) is 4.51. The molecule has 0 spiro atoms. The van der Waals surface area contributed by atoms with Crippen molar-refractivity contribution in [2.45, 2.75) is 19.9 Å². The number of nitrogens with zero attached hydrogens (tertiary/aromatic N) is 2. The number of carbonyl (C=O) groups is 2. The maximum absolute atomic E-state index is 12.5. The number of amides is 2. The fraction of sp³-hybridized carbons (Fsp3) is 0.227. The zero-order chi connectivity index (χ0) is 19.9. The van der Waals surface area contributed by atoms with Crippen LogP contribution in [0, 0.1) is 0 Å². The molecular weight excluding hydrogens is 354 g/mol. The molecule has 28 heavy (non-hydrogen) atoms. The van der Waals surface area contributed by atoms with E-state index in [1.165, 1.54) is 6.92 Å². The SMILES string of the molecule is COc1ccccc1CN(CCC(=O)Nc1cccc2cccnc12)C(C)=O. The van der Waals surface area contributed by atoms with Gasteiger partial charge in [-0.25, -0.2) is 0 Å². The van der Waals surface area contributed by atoms with Crippen molar-refractivity contribution in [1.82, 2.24) is 9.88 Å². The molecule has 0 bridgehead atoms. The van der Waals surface area contributed by atoms with Crippen LogP contribution < -0.4 is 10.1 Å². The van der Waals surface area contributed by atoms with Gasteiger partial charge in [0.05, 0.1) is 18.3 Å². The van der Waals surface area contributed by atoms with E-state index in [1.807, 2.05) is 54.6 Å². The Morgan fingerprint density at radius 2 is 1.86 bits per heavy atom. The predicted molar refractivity (Wildman–Crippen MR) is 109 cm³/mol. The Kier molecular flexibility index (Phi) is 6.22. The Hall–Kier alpha value is -3.41. The van der Waals surface area contributed by atoms with Crippen LogP contribution in [0.15, 0.2) is 60.8 Å². The smallest absolute Gasteiger partial charge is 0.226 e. The molecule has 1 aromatic heterocycles. The van der Waals surface area contributed by atoms with E-state index in [-0.39, 0.29) is 18.2 Å². The van der Waals surface area contributed by atoms with E-state index in [9.17, 15) is 9.59 Å². The Morgan fingerprint density at radius 3 is 2.64 bits per heavy atom. The van der Waals surface area contributed by atoms with Gasteiger partial charge in [0.25, 0.3) is 0 Å². The lowest BCUT2D eigenvalue weighted by atomic mass is 10.1. The lowest BCUT2D eigenvalue weighted by Crippen LogP contribution is -2.31. The van der Waals surface area contributed by atoms with Crippen LogP contribution in [-0.2, 0) is 16.1 Å². The van der Waals surface area contributed by atoms with E-state index in [4.69, 9.17) is 4.74 Å². The average molecular weight is 377 g/mol. The molecule has 0 aliphatic carbocycles. The number of para-hydroxylation sites is 2. The molecule has 1 heterocycles. The predicted octanol–water partition coefficient (Wildman–Crippen LogP) is 3.62. The van der Waals surface area contributed by atoms with Gasteiger partial charge in [0.1, 0.15) is 5.75 Å². The van der Waals surface area contributed by atoms with Gasteiger partial charge in [-0.2, -0.15) is 0 Å². The number of nitrogens with one attached hydrogen (secondary N) is 1. The average Bonchev–Trinajstić information content (AvgIpc) is 2.71. The second kappa shape index (κ2) is 8.99. The van der Waals surface area contributed by atoms with Crippen molar-refractivity contribution >= 4 is 28.4 Å².